The summed E-state index contributed by atoms with van der Waals surface area (Å²) in [5.41, 5.74) is 0.334. The van der Waals surface area contributed by atoms with Crippen molar-refractivity contribution in [3.63, 3.8) is 0 Å². The fraction of sp³-hybridized carbons (Fsp3) is 0.562. The number of nitrogens with zero attached hydrogens (tertiary/aromatic N) is 6. The van der Waals surface area contributed by atoms with Crippen molar-refractivity contribution in [2.75, 3.05) is 45.3 Å². The van der Waals surface area contributed by atoms with Gasteiger partial charge in [-0.2, -0.15) is 15.1 Å². The molecule has 10 nitrogen and oxygen atoms in total. The number of hydrogen-bond acceptors (Lipinski definition) is 9. The average molecular weight is 642 g/mol. The Morgan fingerprint density at radius 2 is 2.04 bits per heavy atom. The van der Waals surface area contributed by atoms with Gasteiger partial charge in [0.15, 0.2) is 5.82 Å². The number of hydrogen-bond donors (Lipinski definition) is 2. The van der Waals surface area contributed by atoms with Crippen LogP contribution in [-0.4, -0.2) is 93.4 Å². The number of piperidine rings is 2. The molecule has 2 aliphatic heterocycles. The third-order valence-corrected chi connectivity index (χ3v) is 10.5. The van der Waals surface area contributed by atoms with E-state index >= 15 is 4.39 Å². The Balaban J connectivity index is 1.40. The first-order chi connectivity index (χ1) is 21.5. The second-order valence-electron chi connectivity index (χ2n) is 13.4. The highest BCUT2D eigenvalue weighted by Crippen LogP contribution is 2.49. The first-order valence-corrected chi connectivity index (χ1v) is 15.9. The molecule has 0 amide bonds. The van der Waals surface area contributed by atoms with Crippen LogP contribution in [0.4, 0.5) is 14.6 Å². The van der Waals surface area contributed by atoms with E-state index in [1.807, 2.05) is 24.9 Å². The van der Waals surface area contributed by atoms with Crippen LogP contribution in [0.15, 0.2) is 12.3 Å². The highest BCUT2D eigenvalue weighted by Gasteiger charge is 2.50. The highest BCUT2D eigenvalue weighted by atomic mass is 35.5. The number of rotatable bonds is 6. The Bertz CT molecular complexity index is 1790. The summed E-state index contributed by atoms with van der Waals surface area (Å²) in [4.78, 5) is 18.1. The summed E-state index contributed by atoms with van der Waals surface area (Å²) in [6.45, 7) is 5.07. The van der Waals surface area contributed by atoms with Gasteiger partial charge in [-0.3, -0.25) is 10.00 Å². The van der Waals surface area contributed by atoms with E-state index in [0.717, 1.165) is 24.8 Å². The zero-order valence-electron chi connectivity index (χ0n) is 26.0. The lowest BCUT2D eigenvalue weighted by Gasteiger charge is -2.45. The molecule has 4 atom stereocenters. The molecule has 2 saturated heterocycles. The lowest BCUT2D eigenvalue weighted by molar-refractivity contribution is -0.0244. The molecule has 1 saturated carbocycles. The number of aliphatic hydroxyl groups is 1. The number of benzene rings is 1. The number of aromatic nitrogens is 5. The zero-order chi connectivity index (χ0) is 31.7. The second kappa shape index (κ2) is 11.2. The van der Waals surface area contributed by atoms with Crippen LogP contribution in [0, 0.1) is 18.2 Å². The van der Waals surface area contributed by atoms with Gasteiger partial charge in [0.05, 0.1) is 36.1 Å². The monoisotopic (exact) mass is 641 g/mol. The molecule has 0 spiro atoms. The summed E-state index contributed by atoms with van der Waals surface area (Å²) in [5, 5.41) is 19.3. The minimum atomic E-state index is -0.976. The van der Waals surface area contributed by atoms with Gasteiger partial charge in [-0.1, -0.05) is 18.0 Å². The van der Waals surface area contributed by atoms with Crippen LogP contribution in [0.5, 0.6) is 11.9 Å². The minimum Gasteiger partial charge on any atom is -0.480 e. The maximum Gasteiger partial charge on any atom is 0.319 e. The van der Waals surface area contributed by atoms with Crippen LogP contribution in [0.25, 0.3) is 33.1 Å². The summed E-state index contributed by atoms with van der Waals surface area (Å²) >= 11 is 6.79. The molecular formula is C32H38ClF2N7O3. The van der Waals surface area contributed by atoms with Crippen molar-refractivity contribution in [1.82, 2.24) is 30.0 Å². The van der Waals surface area contributed by atoms with Crippen molar-refractivity contribution in [3.05, 3.63) is 28.7 Å². The van der Waals surface area contributed by atoms with Crippen LogP contribution >= 0.6 is 11.6 Å². The molecule has 3 aromatic heterocycles. The van der Waals surface area contributed by atoms with Gasteiger partial charge >= 0.3 is 6.01 Å². The summed E-state index contributed by atoms with van der Waals surface area (Å²) < 4.78 is 43.9. The lowest BCUT2D eigenvalue weighted by atomic mass is 9.75. The lowest BCUT2D eigenvalue weighted by Crippen LogP contribution is -2.54. The van der Waals surface area contributed by atoms with Gasteiger partial charge < -0.3 is 19.5 Å². The molecule has 3 fully saturated rings. The van der Waals surface area contributed by atoms with Gasteiger partial charge in [0, 0.05) is 42.0 Å². The van der Waals surface area contributed by atoms with Gasteiger partial charge in [0.25, 0.3) is 0 Å². The maximum absolute atomic E-state index is 16.9. The number of aromatic amines is 1. The Morgan fingerprint density at radius 3 is 2.82 bits per heavy atom. The van der Waals surface area contributed by atoms with Crippen molar-refractivity contribution in [2.24, 2.45) is 5.41 Å². The van der Waals surface area contributed by atoms with Crippen LogP contribution in [-0.2, 0) is 0 Å². The number of alkyl halides is 1. The molecule has 0 unspecified atom stereocenters. The van der Waals surface area contributed by atoms with E-state index in [1.54, 1.807) is 13.1 Å². The van der Waals surface area contributed by atoms with Crippen molar-refractivity contribution < 1.29 is 23.4 Å². The molecular weight excluding hydrogens is 604 g/mol. The number of fused-ring (bicyclic) bond motifs is 3. The molecule has 3 aliphatic rings. The number of likely N-dealkylation sites (tertiary alicyclic amines) is 1. The molecule has 1 aromatic carbocycles. The summed E-state index contributed by atoms with van der Waals surface area (Å²) in [6, 6.07) is 2.02. The van der Waals surface area contributed by atoms with E-state index in [0.29, 0.717) is 59.7 Å². The number of methoxy groups -OCH3 is 1. The number of nitrogens with one attached hydrogen (secondary N) is 1. The molecule has 7 rings (SSSR count). The first kappa shape index (κ1) is 30.3. The minimum absolute atomic E-state index is 0.0201. The van der Waals surface area contributed by atoms with E-state index in [4.69, 9.17) is 26.1 Å². The number of halogens is 3. The molecule has 1 aliphatic carbocycles. The fourth-order valence-corrected chi connectivity index (χ4v) is 8.22. The van der Waals surface area contributed by atoms with Crippen LogP contribution in [0.3, 0.4) is 0 Å². The second-order valence-corrected chi connectivity index (χ2v) is 13.8. The van der Waals surface area contributed by atoms with Gasteiger partial charge in [-0.05, 0) is 64.6 Å². The number of aryl methyl sites for hydroxylation is 1. The quantitative estimate of drug-likeness (QED) is 0.277. The highest BCUT2D eigenvalue weighted by molar-refractivity contribution is 6.35. The Morgan fingerprint density at radius 1 is 1.22 bits per heavy atom. The Labute approximate surface area is 265 Å². The zero-order valence-corrected chi connectivity index (χ0v) is 26.7. The molecule has 0 radical (unpaired) electrons. The third kappa shape index (κ3) is 5.14. The van der Waals surface area contributed by atoms with Crippen molar-refractivity contribution >= 4 is 39.2 Å². The SMILES string of the molecule is COc1nc(-c2c(Cl)c(C)cc3[nH]ncc23)c(F)c2nc(OC[C@]34CCC[C@H]3N(C)C[C@@H](F)C4)nc(N3CCC[C@@](C)(O)C3)c12. The van der Waals surface area contributed by atoms with E-state index in [1.165, 1.54) is 7.11 Å². The van der Waals surface area contributed by atoms with E-state index in [2.05, 4.69) is 25.1 Å². The van der Waals surface area contributed by atoms with Gasteiger partial charge in [-0.25, -0.2) is 13.8 Å². The summed E-state index contributed by atoms with van der Waals surface area (Å²) in [5.74, 6) is -0.236. The Hall–Kier alpha value is -3.35. The maximum atomic E-state index is 16.9. The molecule has 240 valence electrons. The number of anilines is 1. The molecule has 0 bridgehead atoms. The molecule has 13 heteroatoms. The summed E-state index contributed by atoms with van der Waals surface area (Å²) in [7, 11) is 3.43. The van der Waals surface area contributed by atoms with Crippen LogP contribution < -0.4 is 14.4 Å². The number of ether oxygens (including phenoxy) is 2. The van der Waals surface area contributed by atoms with E-state index in [-0.39, 0.29) is 53.1 Å². The largest absolute Gasteiger partial charge is 0.480 e. The predicted molar refractivity (Wildman–Crippen MR) is 168 cm³/mol. The Kier molecular flexibility index (Phi) is 7.52. The normalized spacial score (nSPS) is 27.3. The van der Waals surface area contributed by atoms with Crippen LogP contribution in [0.2, 0.25) is 5.02 Å². The number of pyridine rings is 1. The molecule has 4 aromatic rings. The van der Waals surface area contributed by atoms with E-state index in [9.17, 15) is 9.50 Å². The van der Waals surface area contributed by atoms with Crippen molar-refractivity contribution in [2.45, 2.75) is 70.2 Å². The number of β-amino-alcohol motifs (C(OH)–C–C–N with tert-alkyl or cyclic N) is 1. The smallest absolute Gasteiger partial charge is 0.319 e. The average Bonchev–Trinajstić information content (AvgIpc) is 3.64. The van der Waals surface area contributed by atoms with Gasteiger partial charge in [0.1, 0.15) is 28.6 Å². The standard InChI is InChI=1S/C32H38ClF2N7O3/c1-17-11-20-19(13-36-40-20)22(24(17)33)26-25(35)27-23(29(37-26)44-4)28(42-10-6-8-31(2,43)15-42)39-30(38-27)45-16-32-9-5-7-21(32)41(3)14-18(34)12-32/h11,13,18,21,43H,5-10,12,14-16H2,1-4H3,(H,36,40)/t18-,21+,31+,32+/m0/s1. The summed E-state index contributed by atoms with van der Waals surface area (Å²) in [6.07, 6.45) is 5.15. The fourth-order valence-electron chi connectivity index (χ4n) is 7.97. The van der Waals surface area contributed by atoms with Crippen LogP contribution in [0.1, 0.15) is 51.0 Å². The van der Waals surface area contributed by atoms with Crippen molar-refractivity contribution in [1.29, 1.82) is 0 Å². The van der Waals surface area contributed by atoms with Gasteiger partial charge in [-0.15, -0.1) is 0 Å². The molecule has 2 N–H and O–H groups in total. The number of H-pyrrole nitrogens is 1. The predicted octanol–water partition coefficient (Wildman–Crippen LogP) is 5.62. The first-order valence-electron chi connectivity index (χ1n) is 15.5. The van der Waals surface area contributed by atoms with Gasteiger partial charge in [0.2, 0.25) is 5.88 Å². The molecule has 5 heterocycles. The third-order valence-electron chi connectivity index (χ3n) is 9.98. The van der Waals surface area contributed by atoms with E-state index < -0.39 is 17.6 Å². The van der Waals surface area contributed by atoms with Crippen molar-refractivity contribution in [3.8, 4) is 23.1 Å². The topological polar surface area (TPSA) is 113 Å². The molecule has 45 heavy (non-hydrogen) atoms.